The van der Waals surface area contributed by atoms with Gasteiger partial charge in [0.1, 0.15) is 12.2 Å². The minimum Gasteiger partial charge on any atom is -0.350 e. The molecule has 1 fully saturated rings. The third-order valence-electron chi connectivity index (χ3n) is 3.56. The summed E-state index contributed by atoms with van der Waals surface area (Å²) in [5.41, 5.74) is 0.803. The van der Waals surface area contributed by atoms with Crippen LogP contribution in [0.4, 0.5) is 10.9 Å². The summed E-state index contributed by atoms with van der Waals surface area (Å²) < 4.78 is 6.14. The Morgan fingerprint density at radius 2 is 1.95 bits per heavy atom. The van der Waals surface area contributed by atoms with Crippen molar-refractivity contribution in [2.45, 2.75) is 6.92 Å². The zero-order chi connectivity index (χ0) is 14.2. The molecule has 0 unspecified atom stereocenters. The lowest BCUT2D eigenvalue weighted by Gasteiger charge is -2.34. The molecule has 3 aromatic heterocycles. The van der Waals surface area contributed by atoms with Gasteiger partial charge in [-0.05, 0) is 6.92 Å². The van der Waals surface area contributed by atoms with Crippen molar-refractivity contribution in [3.05, 3.63) is 24.5 Å². The Kier molecular flexibility index (Phi) is 2.92. The highest BCUT2D eigenvalue weighted by molar-refractivity contribution is 7.09. The van der Waals surface area contributed by atoms with Gasteiger partial charge in [0, 0.05) is 50.1 Å². The Morgan fingerprint density at radius 1 is 1.14 bits per heavy atom. The molecule has 0 atom stereocenters. The number of anilines is 2. The predicted molar refractivity (Wildman–Crippen MR) is 79.9 cm³/mol. The lowest BCUT2D eigenvalue weighted by atomic mass is 10.3. The summed E-state index contributed by atoms with van der Waals surface area (Å²) >= 11 is 1.46. The van der Waals surface area contributed by atoms with Crippen molar-refractivity contribution in [1.29, 1.82) is 0 Å². The minimum absolute atomic E-state index is 0.803. The molecule has 0 aromatic carbocycles. The molecule has 1 aliphatic rings. The number of fused-ring (bicyclic) bond motifs is 1. The summed E-state index contributed by atoms with van der Waals surface area (Å²) in [4.78, 5) is 13.4. The Balaban J connectivity index is 1.53. The lowest BCUT2D eigenvalue weighted by Crippen LogP contribution is -2.47. The van der Waals surface area contributed by atoms with Gasteiger partial charge in [0.25, 0.3) is 0 Å². The lowest BCUT2D eigenvalue weighted by molar-refractivity contribution is 0.645. The summed E-state index contributed by atoms with van der Waals surface area (Å²) in [6.07, 6.45) is 5.34. The van der Waals surface area contributed by atoms with E-state index in [0.29, 0.717) is 0 Å². The molecule has 0 saturated carbocycles. The molecule has 1 aliphatic heterocycles. The molecule has 3 aromatic rings. The number of piperazine rings is 1. The van der Waals surface area contributed by atoms with Crippen molar-refractivity contribution in [1.82, 2.24) is 28.9 Å². The van der Waals surface area contributed by atoms with E-state index in [2.05, 4.69) is 34.3 Å². The van der Waals surface area contributed by atoms with Crippen LogP contribution >= 0.6 is 11.5 Å². The van der Waals surface area contributed by atoms with Crippen LogP contribution in [0, 0.1) is 6.92 Å². The van der Waals surface area contributed by atoms with Crippen LogP contribution in [0.3, 0.4) is 0 Å². The molecule has 4 heterocycles. The number of hydrogen-bond acceptors (Lipinski definition) is 8. The highest BCUT2D eigenvalue weighted by Crippen LogP contribution is 2.22. The van der Waals surface area contributed by atoms with E-state index in [1.54, 1.807) is 12.5 Å². The van der Waals surface area contributed by atoms with E-state index in [-0.39, 0.29) is 0 Å². The molecule has 0 spiro atoms. The Labute approximate surface area is 125 Å². The molecular formula is C12H14N8S. The zero-order valence-electron chi connectivity index (χ0n) is 11.5. The fraction of sp³-hybridized carbons (Fsp3) is 0.417. The molecule has 4 rings (SSSR count). The third-order valence-corrected chi connectivity index (χ3v) is 4.43. The number of aryl methyl sites for hydroxylation is 1. The van der Waals surface area contributed by atoms with Gasteiger partial charge < -0.3 is 9.80 Å². The van der Waals surface area contributed by atoms with Crippen molar-refractivity contribution in [3.8, 4) is 0 Å². The van der Waals surface area contributed by atoms with E-state index in [0.717, 1.165) is 48.6 Å². The van der Waals surface area contributed by atoms with E-state index in [9.17, 15) is 0 Å². The van der Waals surface area contributed by atoms with Crippen molar-refractivity contribution >= 4 is 28.1 Å². The van der Waals surface area contributed by atoms with Crippen molar-refractivity contribution in [2.75, 3.05) is 36.0 Å². The van der Waals surface area contributed by atoms with Crippen LogP contribution in [0.15, 0.2) is 18.7 Å². The van der Waals surface area contributed by atoms with Gasteiger partial charge in [0.2, 0.25) is 10.8 Å². The van der Waals surface area contributed by atoms with Crippen LogP contribution in [0.5, 0.6) is 0 Å². The first-order valence-electron chi connectivity index (χ1n) is 6.76. The molecule has 9 heteroatoms. The molecule has 1 saturated heterocycles. The number of rotatable bonds is 2. The SMILES string of the molecule is Cc1nsc(N2CCN(c3nccn4cnnc34)CC2)n1. The fourth-order valence-electron chi connectivity index (χ4n) is 2.49. The topological polar surface area (TPSA) is 75.3 Å². The smallest absolute Gasteiger partial charge is 0.205 e. The second-order valence-corrected chi connectivity index (χ2v) is 5.64. The van der Waals surface area contributed by atoms with Gasteiger partial charge >= 0.3 is 0 Å². The second-order valence-electron chi connectivity index (χ2n) is 4.91. The average Bonchev–Trinajstić information content (AvgIpc) is 3.15. The molecule has 21 heavy (non-hydrogen) atoms. The van der Waals surface area contributed by atoms with Gasteiger partial charge in [-0.15, -0.1) is 10.2 Å². The quantitative estimate of drug-likeness (QED) is 0.686. The first-order valence-corrected chi connectivity index (χ1v) is 7.53. The van der Waals surface area contributed by atoms with Crippen LogP contribution in [-0.2, 0) is 0 Å². The van der Waals surface area contributed by atoms with E-state index in [4.69, 9.17) is 0 Å². The van der Waals surface area contributed by atoms with Crippen LogP contribution in [-0.4, -0.2) is 55.1 Å². The number of hydrogen-bond donors (Lipinski definition) is 0. The summed E-state index contributed by atoms with van der Waals surface area (Å²) in [5.74, 6) is 1.73. The van der Waals surface area contributed by atoms with E-state index >= 15 is 0 Å². The molecule has 0 amide bonds. The summed E-state index contributed by atoms with van der Waals surface area (Å²) in [6, 6.07) is 0. The standard InChI is InChI=1S/C12H14N8S/c1-9-15-12(21-17-9)19-6-4-18(5-7-19)10-11-16-14-8-20(11)3-2-13-10/h2-3,8H,4-7H2,1H3. The highest BCUT2D eigenvalue weighted by atomic mass is 32.1. The minimum atomic E-state index is 0.803. The molecule has 108 valence electrons. The molecule has 8 nitrogen and oxygen atoms in total. The Hall–Kier alpha value is -2.29. The molecular weight excluding hydrogens is 288 g/mol. The van der Waals surface area contributed by atoms with E-state index < -0.39 is 0 Å². The number of nitrogens with zero attached hydrogens (tertiary/aromatic N) is 8. The maximum absolute atomic E-state index is 4.46. The first kappa shape index (κ1) is 12.5. The first-order chi connectivity index (χ1) is 10.3. The summed E-state index contributed by atoms with van der Waals surface area (Å²) in [7, 11) is 0. The van der Waals surface area contributed by atoms with Gasteiger partial charge in [-0.2, -0.15) is 4.37 Å². The normalized spacial score (nSPS) is 15.9. The second kappa shape index (κ2) is 4.92. The van der Waals surface area contributed by atoms with Gasteiger partial charge in [0.15, 0.2) is 5.82 Å². The zero-order valence-corrected chi connectivity index (χ0v) is 12.4. The van der Waals surface area contributed by atoms with Crippen LogP contribution in [0.2, 0.25) is 0 Å². The third kappa shape index (κ3) is 2.19. The summed E-state index contributed by atoms with van der Waals surface area (Å²) in [6.45, 7) is 5.51. The maximum Gasteiger partial charge on any atom is 0.205 e. The van der Waals surface area contributed by atoms with Crippen molar-refractivity contribution in [2.24, 2.45) is 0 Å². The number of aromatic nitrogens is 6. The monoisotopic (exact) mass is 302 g/mol. The van der Waals surface area contributed by atoms with E-state index in [1.165, 1.54) is 11.5 Å². The van der Waals surface area contributed by atoms with Crippen LogP contribution in [0.25, 0.3) is 5.65 Å². The van der Waals surface area contributed by atoms with Gasteiger partial charge in [-0.25, -0.2) is 9.97 Å². The van der Waals surface area contributed by atoms with Crippen LogP contribution < -0.4 is 9.80 Å². The van der Waals surface area contributed by atoms with E-state index in [1.807, 2.05) is 17.5 Å². The van der Waals surface area contributed by atoms with Gasteiger partial charge in [-0.1, -0.05) is 0 Å². The molecule has 0 N–H and O–H groups in total. The van der Waals surface area contributed by atoms with Crippen molar-refractivity contribution < 1.29 is 0 Å². The molecule has 0 bridgehead atoms. The Morgan fingerprint density at radius 3 is 2.71 bits per heavy atom. The maximum atomic E-state index is 4.46. The van der Waals surface area contributed by atoms with Gasteiger partial charge in [-0.3, -0.25) is 4.40 Å². The van der Waals surface area contributed by atoms with Crippen LogP contribution in [0.1, 0.15) is 5.82 Å². The molecule has 0 aliphatic carbocycles. The Bertz CT molecular complexity index is 757. The van der Waals surface area contributed by atoms with Crippen molar-refractivity contribution in [3.63, 3.8) is 0 Å². The van der Waals surface area contributed by atoms with Gasteiger partial charge in [0.05, 0.1) is 0 Å². The molecule has 0 radical (unpaired) electrons. The largest absolute Gasteiger partial charge is 0.350 e. The fourth-order valence-corrected chi connectivity index (χ4v) is 3.22. The highest BCUT2D eigenvalue weighted by Gasteiger charge is 2.22. The average molecular weight is 302 g/mol. The summed E-state index contributed by atoms with van der Waals surface area (Å²) in [5, 5.41) is 9.09. The predicted octanol–water partition coefficient (Wildman–Crippen LogP) is 0.611.